The van der Waals surface area contributed by atoms with E-state index in [0.29, 0.717) is 0 Å². The minimum Gasteiger partial charge on any atom is -0.494 e. The summed E-state index contributed by atoms with van der Waals surface area (Å²) < 4.78 is 5.95. The molecular formula is C29H45N3O. The van der Waals surface area contributed by atoms with Crippen LogP contribution in [0.4, 0.5) is 5.69 Å². The molecule has 0 unspecified atom stereocenters. The molecule has 0 atom stereocenters. The van der Waals surface area contributed by atoms with Crippen molar-refractivity contribution < 1.29 is 4.74 Å². The highest BCUT2D eigenvalue weighted by atomic mass is 16.5. The SMILES string of the molecule is CCCCCCCCCCCCOc1ccc(-c2ccc(N=C(N(C)C)N(C)C)cc2)cc1. The van der Waals surface area contributed by atoms with Gasteiger partial charge in [-0.05, 0) is 41.8 Å². The van der Waals surface area contributed by atoms with Crippen molar-refractivity contribution in [3.63, 3.8) is 0 Å². The molecule has 0 aromatic heterocycles. The van der Waals surface area contributed by atoms with Crippen LogP contribution in [0.25, 0.3) is 11.1 Å². The second kappa shape index (κ2) is 15.4. The maximum atomic E-state index is 5.95. The van der Waals surface area contributed by atoms with Crippen molar-refractivity contribution in [1.82, 2.24) is 9.80 Å². The monoisotopic (exact) mass is 451 g/mol. The second-order valence-corrected chi connectivity index (χ2v) is 9.30. The Morgan fingerprint density at radius 1 is 0.636 bits per heavy atom. The zero-order chi connectivity index (χ0) is 23.9. The van der Waals surface area contributed by atoms with Gasteiger partial charge < -0.3 is 14.5 Å². The number of hydrogen-bond donors (Lipinski definition) is 0. The highest BCUT2D eigenvalue weighted by Gasteiger charge is 2.05. The lowest BCUT2D eigenvalue weighted by Gasteiger charge is -2.22. The van der Waals surface area contributed by atoms with Gasteiger partial charge in [-0.25, -0.2) is 4.99 Å². The third-order valence-electron chi connectivity index (χ3n) is 5.85. The number of nitrogens with zero attached hydrogens (tertiary/aromatic N) is 3. The predicted molar refractivity (Wildman–Crippen MR) is 144 cm³/mol. The lowest BCUT2D eigenvalue weighted by Crippen LogP contribution is -2.35. The van der Waals surface area contributed by atoms with Gasteiger partial charge in [-0.3, -0.25) is 0 Å². The molecule has 4 heteroatoms. The lowest BCUT2D eigenvalue weighted by atomic mass is 10.1. The highest BCUT2D eigenvalue weighted by molar-refractivity contribution is 5.82. The van der Waals surface area contributed by atoms with E-state index in [1.54, 1.807) is 0 Å². The van der Waals surface area contributed by atoms with E-state index in [-0.39, 0.29) is 0 Å². The molecule has 0 aliphatic carbocycles. The summed E-state index contributed by atoms with van der Waals surface area (Å²) in [6.45, 7) is 3.08. The van der Waals surface area contributed by atoms with Crippen LogP contribution in [0.3, 0.4) is 0 Å². The van der Waals surface area contributed by atoms with Crippen molar-refractivity contribution in [2.45, 2.75) is 71.1 Å². The molecule has 0 amide bonds. The Labute approximate surface area is 202 Å². The number of unbranched alkanes of at least 4 members (excludes halogenated alkanes) is 9. The smallest absolute Gasteiger partial charge is 0.200 e. The van der Waals surface area contributed by atoms with Crippen molar-refractivity contribution in [3.05, 3.63) is 48.5 Å². The van der Waals surface area contributed by atoms with E-state index in [9.17, 15) is 0 Å². The van der Waals surface area contributed by atoms with Crippen molar-refractivity contribution >= 4 is 11.6 Å². The zero-order valence-electron chi connectivity index (χ0n) is 21.6. The standard InChI is InChI=1S/C29H45N3O/c1-6-7-8-9-10-11-12-13-14-15-24-33-28-22-18-26(19-23-28)25-16-20-27(21-17-25)30-29(31(2)3)32(4)5/h16-23H,6-15,24H2,1-5H3. The van der Waals surface area contributed by atoms with Crippen LogP contribution in [0.5, 0.6) is 5.75 Å². The van der Waals surface area contributed by atoms with Crippen LogP contribution in [0.2, 0.25) is 0 Å². The Bertz CT molecular complexity index is 785. The summed E-state index contributed by atoms with van der Waals surface area (Å²) in [5.74, 6) is 1.88. The third kappa shape index (κ3) is 10.3. The number of guanidine groups is 1. The average molecular weight is 452 g/mol. The minimum atomic E-state index is 0.808. The molecule has 2 aromatic carbocycles. The first-order valence-corrected chi connectivity index (χ1v) is 12.8. The van der Waals surface area contributed by atoms with Crippen molar-refractivity contribution in [3.8, 4) is 16.9 Å². The fourth-order valence-corrected chi connectivity index (χ4v) is 3.97. The van der Waals surface area contributed by atoms with Crippen LogP contribution >= 0.6 is 0 Å². The Hall–Kier alpha value is -2.49. The van der Waals surface area contributed by atoms with Gasteiger partial charge in [0.15, 0.2) is 0 Å². The van der Waals surface area contributed by atoms with Crippen LogP contribution in [0.1, 0.15) is 71.1 Å². The summed E-state index contributed by atoms with van der Waals surface area (Å²) in [5, 5.41) is 0. The Morgan fingerprint density at radius 2 is 1.09 bits per heavy atom. The van der Waals surface area contributed by atoms with E-state index in [1.165, 1.54) is 68.9 Å². The maximum absolute atomic E-state index is 5.95. The molecule has 2 aromatic rings. The molecule has 0 heterocycles. The maximum Gasteiger partial charge on any atom is 0.200 e. The summed E-state index contributed by atoms with van der Waals surface area (Å²) in [6.07, 6.45) is 13.5. The largest absolute Gasteiger partial charge is 0.494 e. The molecule has 2 rings (SSSR count). The Morgan fingerprint density at radius 3 is 1.58 bits per heavy atom. The van der Waals surface area contributed by atoms with Gasteiger partial charge in [0.1, 0.15) is 5.75 Å². The first-order chi connectivity index (χ1) is 16.0. The molecule has 0 aliphatic heterocycles. The molecule has 0 bridgehead atoms. The Balaban J connectivity index is 1.71. The van der Waals surface area contributed by atoms with Gasteiger partial charge in [0, 0.05) is 28.2 Å². The van der Waals surface area contributed by atoms with E-state index < -0.39 is 0 Å². The van der Waals surface area contributed by atoms with Gasteiger partial charge in [-0.2, -0.15) is 0 Å². The quantitative estimate of drug-likeness (QED) is 0.167. The summed E-state index contributed by atoms with van der Waals surface area (Å²) in [4.78, 5) is 8.77. The van der Waals surface area contributed by atoms with Gasteiger partial charge in [-0.1, -0.05) is 89.0 Å². The summed E-state index contributed by atoms with van der Waals surface area (Å²) >= 11 is 0. The van der Waals surface area contributed by atoms with Crippen LogP contribution < -0.4 is 4.74 Å². The molecule has 0 saturated carbocycles. The van der Waals surface area contributed by atoms with Gasteiger partial charge in [-0.15, -0.1) is 0 Å². The molecule has 0 radical (unpaired) electrons. The summed E-state index contributed by atoms with van der Waals surface area (Å²) in [7, 11) is 8.03. The highest BCUT2D eigenvalue weighted by Crippen LogP contribution is 2.25. The van der Waals surface area contributed by atoms with Gasteiger partial charge in [0.25, 0.3) is 0 Å². The normalized spacial score (nSPS) is 10.7. The first-order valence-electron chi connectivity index (χ1n) is 12.8. The molecule has 182 valence electrons. The predicted octanol–water partition coefficient (Wildman–Crippen LogP) is 7.76. The molecule has 0 aliphatic rings. The zero-order valence-corrected chi connectivity index (χ0v) is 21.6. The molecule has 0 N–H and O–H groups in total. The van der Waals surface area contributed by atoms with E-state index >= 15 is 0 Å². The molecule has 4 nitrogen and oxygen atoms in total. The van der Waals surface area contributed by atoms with E-state index in [2.05, 4.69) is 55.5 Å². The van der Waals surface area contributed by atoms with E-state index in [1.807, 2.05) is 38.0 Å². The van der Waals surface area contributed by atoms with Gasteiger partial charge >= 0.3 is 0 Å². The van der Waals surface area contributed by atoms with Crippen molar-refractivity contribution in [1.29, 1.82) is 0 Å². The molecular weight excluding hydrogens is 406 g/mol. The van der Waals surface area contributed by atoms with Crippen LogP contribution in [0.15, 0.2) is 53.5 Å². The van der Waals surface area contributed by atoms with Crippen molar-refractivity contribution in [2.24, 2.45) is 4.99 Å². The molecule has 33 heavy (non-hydrogen) atoms. The molecule has 0 fully saturated rings. The van der Waals surface area contributed by atoms with E-state index in [4.69, 9.17) is 9.73 Å². The summed E-state index contributed by atoms with van der Waals surface area (Å²) in [5.41, 5.74) is 3.33. The number of benzene rings is 2. The number of ether oxygens (including phenoxy) is 1. The molecule has 0 spiro atoms. The lowest BCUT2D eigenvalue weighted by molar-refractivity contribution is 0.304. The van der Waals surface area contributed by atoms with Crippen LogP contribution in [-0.2, 0) is 0 Å². The Kier molecular flexibility index (Phi) is 12.5. The topological polar surface area (TPSA) is 28.1 Å². The average Bonchev–Trinajstić information content (AvgIpc) is 2.81. The third-order valence-corrected chi connectivity index (χ3v) is 5.85. The van der Waals surface area contributed by atoms with Crippen molar-refractivity contribution in [2.75, 3.05) is 34.8 Å². The van der Waals surface area contributed by atoms with Gasteiger partial charge in [0.2, 0.25) is 5.96 Å². The first kappa shape index (κ1) is 26.8. The second-order valence-electron chi connectivity index (χ2n) is 9.30. The van der Waals surface area contributed by atoms with Crippen LogP contribution in [0, 0.1) is 0 Å². The minimum absolute atomic E-state index is 0.808. The van der Waals surface area contributed by atoms with E-state index in [0.717, 1.165) is 30.4 Å². The summed E-state index contributed by atoms with van der Waals surface area (Å²) in [6, 6.07) is 16.8. The van der Waals surface area contributed by atoms with Gasteiger partial charge in [0.05, 0.1) is 12.3 Å². The van der Waals surface area contributed by atoms with Crippen LogP contribution in [-0.4, -0.2) is 50.6 Å². The number of hydrogen-bond acceptors (Lipinski definition) is 2. The number of rotatable bonds is 14. The fourth-order valence-electron chi connectivity index (χ4n) is 3.97. The fraction of sp³-hybridized carbons (Fsp3) is 0.552. The molecule has 0 saturated heterocycles. The number of aliphatic imine (C=N–C) groups is 1.